The van der Waals surface area contributed by atoms with Crippen molar-refractivity contribution in [3.63, 3.8) is 0 Å². The summed E-state index contributed by atoms with van der Waals surface area (Å²) in [4.78, 5) is 12.7. The highest BCUT2D eigenvalue weighted by atomic mass is 79.9. The fourth-order valence-electron chi connectivity index (χ4n) is 1.75. The molecule has 3 N–H and O–H groups in total. The number of sulfonamides is 1. The average molecular weight is 389 g/mol. The standard InChI is InChI=1S/C13H13BrN2O3S2/c1-8(16-13(17)11-5-6-12(14)20-11)9-3-2-4-10(7-9)21(15,18)19/h2-8H,1H3,(H,16,17)(H2,15,18,19). The van der Waals surface area contributed by atoms with E-state index >= 15 is 0 Å². The third-order valence-corrected chi connectivity index (χ3v) is 5.36. The largest absolute Gasteiger partial charge is 0.345 e. The molecular formula is C13H13BrN2O3S2. The molecule has 0 bridgehead atoms. The van der Waals surface area contributed by atoms with Crippen LogP contribution in [0, 0.1) is 0 Å². The first-order valence-electron chi connectivity index (χ1n) is 5.96. The van der Waals surface area contributed by atoms with Crippen molar-refractivity contribution in [2.24, 2.45) is 5.14 Å². The van der Waals surface area contributed by atoms with E-state index in [9.17, 15) is 13.2 Å². The van der Waals surface area contributed by atoms with Crippen LogP contribution in [0.2, 0.25) is 0 Å². The Balaban J connectivity index is 2.17. The highest BCUT2D eigenvalue weighted by Crippen LogP contribution is 2.23. The first kappa shape index (κ1) is 16.2. The van der Waals surface area contributed by atoms with Crippen LogP contribution in [0.25, 0.3) is 0 Å². The van der Waals surface area contributed by atoms with Crippen molar-refractivity contribution in [1.29, 1.82) is 0 Å². The monoisotopic (exact) mass is 388 g/mol. The lowest BCUT2D eigenvalue weighted by molar-refractivity contribution is 0.0944. The van der Waals surface area contributed by atoms with E-state index in [0.29, 0.717) is 10.4 Å². The van der Waals surface area contributed by atoms with Gasteiger partial charge in [0, 0.05) is 0 Å². The Bertz CT molecular complexity index is 771. The lowest BCUT2D eigenvalue weighted by Gasteiger charge is -2.14. The lowest BCUT2D eigenvalue weighted by Crippen LogP contribution is -2.26. The number of primary sulfonamides is 1. The van der Waals surface area contributed by atoms with Gasteiger partial charge in [0.1, 0.15) is 0 Å². The van der Waals surface area contributed by atoms with Crippen LogP contribution in [-0.4, -0.2) is 14.3 Å². The maximum absolute atomic E-state index is 12.1. The van der Waals surface area contributed by atoms with E-state index in [1.807, 2.05) is 0 Å². The molecule has 0 aliphatic carbocycles. The number of thiophene rings is 1. The summed E-state index contributed by atoms with van der Waals surface area (Å²) >= 11 is 4.63. The predicted molar refractivity (Wildman–Crippen MR) is 85.7 cm³/mol. The Kier molecular flexibility index (Phi) is 4.82. The predicted octanol–water partition coefficient (Wildman–Crippen LogP) is 2.65. The van der Waals surface area contributed by atoms with E-state index in [1.165, 1.54) is 23.5 Å². The summed E-state index contributed by atoms with van der Waals surface area (Å²) in [6.07, 6.45) is 0. The smallest absolute Gasteiger partial charge is 0.261 e. The molecule has 1 aromatic heterocycles. The summed E-state index contributed by atoms with van der Waals surface area (Å²) < 4.78 is 23.6. The topological polar surface area (TPSA) is 89.3 Å². The zero-order valence-electron chi connectivity index (χ0n) is 11.0. The molecule has 0 spiro atoms. The Hall–Kier alpha value is -1.22. The van der Waals surface area contributed by atoms with Gasteiger partial charge in [0.05, 0.1) is 19.6 Å². The highest BCUT2D eigenvalue weighted by molar-refractivity contribution is 9.11. The second kappa shape index (κ2) is 6.27. The zero-order chi connectivity index (χ0) is 15.6. The number of nitrogens with two attached hydrogens (primary N) is 1. The normalized spacial score (nSPS) is 12.9. The van der Waals surface area contributed by atoms with E-state index in [-0.39, 0.29) is 16.8 Å². The maximum atomic E-state index is 12.1. The summed E-state index contributed by atoms with van der Waals surface area (Å²) in [5.41, 5.74) is 0.672. The molecule has 0 saturated carbocycles. The third-order valence-electron chi connectivity index (χ3n) is 2.83. The maximum Gasteiger partial charge on any atom is 0.261 e. The van der Waals surface area contributed by atoms with Gasteiger partial charge in [-0.3, -0.25) is 4.79 Å². The number of hydrogen-bond acceptors (Lipinski definition) is 4. The molecule has 2 rings (SSSR count). The third kappa shape index (κ3) is 4.13. The molecule has 8 heteroatoms. The molecule has 112 valence electrons. The van der Waals surface area contributed by atoms with Crippen LogP contribution in [0.1, 0.15) is 28.2 Å². The molecule has 0 fully saturated rings. The Morgan fingerprint density at radius 2 is 2.05 bits per heavy atom. The fourth-order valence-corrected chi connectivity index (χ4v) is 3.61. The summed E-state index contributed by atoms with van der Waals surface area (Å²) in [6, 6.07) is 9.40. The number of rotatable bonds is 4. The van der Waals surface area contributed by atoms with E-state index in [4.69, 9.17) is 5.14 Å². The van der Waals surface area contributed by atoms with Crippen LogP contribution in [0.5, 0.6) is 0 Å². The SMILES string of the molecule is CC(NC(=O)c1ccc(Br)s1)c1cccc(S(N)(=O)=O)c1. The minimum absolute atomic E-state index is 0.0277. The molecule has 0 saturated heterocycles. The van der Waals surface area contributed by atoms with Gasteiger partial charge in [0.25, 0.3) is 5.91 Å². The Morgan fingerprint density at radius 3 is 2.62 bits per heavy atom. The molecule has 0 radical (unpaired) electrons. The summed E-state index contributed by atoms with van der Waals surface area (Å²) in [5.74, 6) is -0.209. The van der Waals surface area contributed by atoms with Crippen molar-refractivity contribution in [3.05, 3.63) is 50.6 Å². The Labute approximate surface area is 135 Å². The molecule has 0 aliphatic rings. The van der Waals surface area contributed by atoms with E-state index < -0.39 is 10.0 Å². The van der Waals surface area contributed by atoms with Crippen molar-refractivity contribution in [2.45, 2.75) is 17.9 Å². The second-order valence-electron chi connectivity index (χ2n) is 4.42. The van der Waals surface area contributed by atoms with Crippen LogP contribution in [0.4, 0.5) is 0 Å². The molecule has 1 unspecified atom stereocenters. The van der Waals surface area contributed by atoms with Crippen LogP contribution >= 0.6 is 27.3 Å². The summed E-state index contributed by atoms with van der Waals surface area (Å²) in [5, 5.41) is 7.92. The Morgan fingerprint density at radius 1 is 1.33 bits per heavy atom. The molecule has 0 aliphatic heterocycles. The van der Waals surface area contributed by atoms with Gasteiger partial charge in [0.15, 0.2) is 0 Å². The molecular weight excluding hydrogens is 376 g/mol. The first-order chi connectivity index (χ1) is 9.77. The molecule has 2 aromatic rings. The van der Waals surface area contributed by atoms with Gasteiger partial charge in [-0.05, 0) is 52.7 Å². The van der Waals surface area contributed by atoms with Gasteiger partial charge in [-0.25, -0.2) is 13.6 Å². The van der Waals surface area contributed by atoms with Crippen molar-refractivity contribution in [3.8, 4) is 0 Å². The van der Waals surface area contributed by atoms with Crippen molar-refractivity contribution >= 4 is 43.2 Å². The van der Waals surface area contributed by atoms with Crippen LogP contribution < -0.4 is 10.5 Å². The van der Waals surface area contributed by atoms with Gasteiger partial charge in [-0.1, -0.05) is 12.1 Å². The number of halogens is 1. The first-order valence-corrected chi connectivity index (χ1v) is 9.12. The number of benzene rings is 1. The molecule has 1 amide bonds. The van der Waals surface area contributed by atoms with Gasteiger partial charge >= 0.3 is 0 Å². The van der Waals surface area contributed by atoms with E-state index in [0.717, 1.165) is 3.79 Å². The number of amides is 1. The van der Waals surface area contributed by atoms with E-state index in [2.05, 4.69) is 21.2 Å². The van der Waals surface area contributed by atoms with Gasteiger partial charge in [-0.2, -0.15) is 0 Å². The molecule has 1 aromatic carbocycles. The number of hydrogen-bond donors (Lipinski definition) is 2. The average Bonchev–Trinajstić information content (AvgIpc) is 2.84. The number of carbonyl (C=O) groups excluding carboxylic acids is 1. The molecule has 1 atom stereocenters. The summed E-state index contributed by atoms with van der Waals surface area (Å²) in [7, 11) is -3.75. The minimum atomic E-state index is -3.75. The lowest BCUT2D eigenvalue weighted by atomic mass is 10.1. The van der Waals surface area contributed by atoms with Gasteiger partial charge < -0.3 is 5.32 Å². The summed E-state index contributed by atoms with van der Waals surface area (Å²) in [6.45, 7) is 1.78. The molecule has 21 heavy (non-hydrogen) atoms. The van der Waals surface area contributed by atoms with Gasteiger partial charge in [0.2, 0.25) is 10.0 Å². The fraction of sp³-hybridized carbons (Fsp3) is 0.154. The number of carbonyl (C=O) groups is 1. The van der Waals surface area contributed by atoms with Crippen LogP contribution in [0.3, 0.4) is 0 Å². The van der Waals surface area contributed by atoms with Crippen molar-refractivity contribution in [2.75, 3.05) is 0 Å². The van der Waals surface area contributed by atoms with Gasteiger partial charge in [-0.15, -0.1) is 11.3 Å². The van der Waals surface area contributed by atoms with E-state index in [1.54, 1.807) is 31.2 Å². The quantitative estimate of drug-likeness (QED) is 0.843. The second-order valence-corrected chi connectivity index (χ2v) is 8.44. The van der Waals surface area contributed by atoms with Crippen LogP contribution in [0.15, 0.2) is 45.1 Å². The molecule has 1 heterocycles. The highest BCUT2D eigenvalue weighted by Gasteiger charge is 2.15. The van der Waals surface area contributed by atoms with Crippen molar-refractivity contribution in [1.82, 2.24) is 5.32 Å². The van der Waals surface area contributed by atoms with Crippen LogP contribution in [-0.2, 0) is 10.0 Å². The molecule has 5 nitrogen and oxygen atoms in total. The number of nitrogens with one attached hydrogen (secondary N) is 1. The zero-order valence-corrected chi connectivity index (χ0v) is 14.3. The minimum Gasteiger partial charge on any atom is -0.345 e. The van der Waals surface area contributed by atoms with Crippen molar-refractivity contribution < 1.29 is 13.2 Å².